The van der Waals surface area contributed by atoms with Gasteiger partial charge in [0.25, 0.3) is 5.91 Å². The van der Waals surface area contributed by atoms with Crippen molar-refractivity contribution in [3.63, 3.8) is 0 Å². The van der Waals surface area contributed by atoms with Crippen molar-refractivity contribution in [3.05, 3.63) is 11.6 Å². The first-order valence-electron chi connectivity index (χ1n) is 2.95. The molecule has 4 heteroatoms. The molecule has 0 unspecified atom stereocenters. The zero-order valence-corrected chi connectivity index (χ0v) is 5.16. The topological polar surface area (TPSA) is 53.8 Å². The van der Waals surface area contributed by atoms with Crippen molar-refractivity contribution in [3.8, 4) is 0 Å². The summed E-state index contributed by atoms with van der Waals surface area (Å²) >= 11 is 0. The molecule has 4 nitrogen and oxygen atoms in total. The van der Waals surface area contributed by atoms with Crippen molar-refractivity contribution in [1.29, 1.82) is 0 Å². The number of fused-ring (bicyclic) bond motifs is 1. The summed E-state index contributed by atoms with van der Waals surface area (Å²) in [5, 5.41) is 2.58. The summed E-state index contributed by atoms with van der Waals surface area (Å²) in [5.74, 6) is 0.478. The summed E-state index contributed by atoms with van der Waals surface area (Å²) < 4.78 is 0. The Morgan fingerprint density at radius 2 is 2.50 bits per heavy atom. The number of hydrogen-bond acceptors (Lipinski definition) is 3. The molecule has 0 bridgehead atoms. The summed E-state index contributed by atoms with van der Waals surface area (Å²) in [5.41, 5.74) is 0.575. The van der Waals surface area contributed by atoms with Crippen LogP contribution in [0.25, 0.3) is 0 Å². The van der Waals surface area contributed by atoms with Crippen molar-refractivity contribution in [2.75, 3.05) is 6.67 Å². The maximum Gasteiger partial charge on any atom is 0.256 e. The van der Waals surface area contributed by atoms with E-state index in [4.69, 9.17) is 0 Å². The van der Waals surface area contributed by atoms with Gasteiger partial charge < -0.3 is 5.32 Å². The highest BCUT2D eigenvalue weighted by atomic mass is 16.1. The number of carbonyl (C=O) groups is 1. The lowest BCUT2D eigenvalue weighted by Gasteiger charge is -2.08. The molecule has 1 N–H and O–H groups in total. The van der Waals surface area contributed by atoms with Crippen molar-refractivity contribution < 1.29 is 4.79 Å². The first kappa shape index (κ1) is 5.34. The molecule has 0 saturated heterocycles. The second-order valence-electron chi connectivity index (χ2n) is 2.00. The molecule has 2 aliphatic heterocycles. The number of amidine groups is 1. The Bertz CT molecular complexity index is 275. The largest absolute Gasteiger partial charge is 0.333 e. The predicted octanol–water partition coefficient (Wildman–Crippen LogP) is -0.517. The molecule has 0 atom stereocenters. The van der Waals surface area contributed by atoms with E-state index in [-0.39, 0.29) is 5.91 Å². The number of hydrogen-bond donors (Lipinski definition) is 1. The molecule has 1 amide bonds. The Labute approximate surface area is 57.4 Å². The lowest BCUT2D eigenvalue weighted by atomic mass is 10.2. The SMILES string of the molecule is O=C1NCN=C2N=CC=C12. The van der Waals surface area contributed by atoms with Crippen LogP contribution in [0.4, 0.5) is 0 Å². The first-order valence-corrected chi connectivity index (χ1v) is 2.95. The summed E-state index contributed by atoms with van der Waals surface area (Å²) in [6, 6.07) is 0. The highest BCUT2D eigenvalue weighted by Gasteiger charge is 2.20. The van der Waals surface area contributed by atoms with Gasteiger partial charge in [0, 0.05) is 6.21 Å². The third kappa shape index (κ3) is 0.586. The van der Waals surface area contributed by atoms with E-state index in [2.05, 4.69) is 15.3 Å². The molecule has 2 aliphatic rings. The standard InChI is InChI=1S/C6H5N3O/c10-6-4-1-2-7-5(4)8-3-9-6/h1-2H,3H2,(H,9,10). The average molecular weight is 135 g/mol. The number of carbonyl (C=O) groups excluding carboxylic acids is 1. The minimum Gasteiger partial charge on any atom is -0.333 e. The fourth-order valence-corrected chi connectivity index (χ4v) is 0.911. The number of rotatable bonds is 0. The van der Waals surface area contributed by atoms with Crippen LogP contribution in [0.3, 0.4) is 0 Å². The van der Waals surface area contributed by atoms with E-state index in [1.807, 2.05) is 0 Å². The van der Waals surface area contributed by atoms with E-state index < -0.39 is 0 Å². The number of nitrogens with one attached hydrogen (secondary N) is 1. The van der Waals surface area contributed by atoms with Gasteiger partial charge >= 0.3 is 0 Å². The highest BCUT2D eigenvalue weighted by molar-refractivity contribution is 6.28. The smallest absolute Gasteiger partial charge is 0.256 e. The normalized spacial score (nSPS) is 21.4. The zero-order chi connectivity index (χ0) is 6.97. The van der Waals surface area contributed by atoms with Gasteiger partial charge in [0.2, 0.25) is 0 Å². The van der Waals surface area contributed by atoms with E-state index in [0.717, 1.165) is 0 Å². The van der Waals surface area contributed by atoms with Gasteiger partial charge in [-0.25, -0.2) is 9.98 Å². The van der Waals surface area contributed by atoms with E-state index >= 15 is 0 Å². The molecule has 0 aromatic carbocycles. The van der Waals surface area contributed by atoms with Gasteiger partial charge in [-0.15, -0.1) is 0 Å². The van der Waals surface area contributed by atoms with Crippen molar-refractivity contribution in [2.24, 2.45) is 9.98 Å². The van der Waals surface area contributed by atoms with Crippen LogP contribution >= 0.6 is 0 Å². The van der Waals surface area contributed by atoms with Crippen molar-refractivity contribution >= 4 is 18.0 Å². The van der Waals surface area contributed by atoms with Crippen LogP contribution < -0.4 is 5.32 Å². The maximum absolute atomic E-state index is 10.9. The third-order valence-corrected chi connectivity index (χ3v) is 1.39. The van der Waals surface area contributed by atoms with Crippen LogP contribution in [0.2, 0.25) is 0 Å². The third-order valence-electron chi connectivity index (χ3n) is 1.39. The van der Waals surface area contributed by atoms with Crippen LogP contribution in [-0.2, 0) is 4.79 Å². The number of amides is 1. The first-order chi connectivity index (χ1) is 4.88. The van der Waals surface area contributed by atoms with Gasteiger partial charge in [-0.05, 0) is 6.08 Å². The van der Waals surface area contributed by atoms with Gasteiger partial charge in [0.1, 0.15) is 6.67 Å². The molecule has 50 valence electrons. The quantitative estimate of drug-likeness (QED) is 0.477. The van der Waals surface area contributed by atoms with Crippen LogP contribution in [-0.4, -0.2) is 24.6 Å². The molecule has 0 spiro atoms. The van der Waals surface area contributed by atoms with Crippen molar-refractivity contribution in [2.45, 2.75) is 0 Å². The molecule has 0 saturated carbocycles. The molecule has 0 aromatic heterocycles. The second kappa shape index (κ2) is 1.76. The molecule has 2 rings (SSSR count). The van der Waals surface area contributed by atoms with Crippen LogP contribution in [0.5, 0.6) is 0 Å². The van der Waals surface area contributed by atoms with Gasteiger partial charge in [-0.1, -0.05) is 0 Å². The van der Waals surface area contributed by atoms with Gasteiger partial charge in [0.05, 0.1) is 5.57 Å². The zero-order valence-electron chi connectivity index (χ0n) is 5.16. The minimum atomic E-state index is -0.0810. The van der Waals surface area contributed by atoms with Crippen LogP contribution in [0.1, 0.15) is 0 Å². The molecule has 0 aromatic rings. The van der Waals surface area contributed by atoms with Crippen LogP contribution in [0.15, 0.2) is 21.6 Å². The fraction of sp³-hybridized carbons (Fsp3) is 0.167. The van der Waals surface area contributed by atoms with Gasteiger partial charge in [-0.3, -0.25) is 4.79 Å². The predicted molar refractivity (Wildman–Crippen MR) is 37.0 cm³/mol. The Morgan fingerprint density at radius 1 is 1.60 bits per heavy atom. The van der Waals surface area contributed by atoms with E-state index in [9.17, 15) is 4.79 Å². The second-order valence-corrected chi connectivity index (χ2v) is 2.00. The summed E-state index contributed by atoms with van der Waals surface area (Å²) in [6.07, 6.45) is 3.24. The monoisotopic (exact) mass is 135 g/mol. The molecule has 0 aliphatic carbocycles. The molecular formula is C6H5N3O. The van der Waals surface area contributed by atoms with Gasteiger partial charge in [-0.2, -0.15) is 0 Å². The lowest BCUT2D eigenvalue weighted by Crippen LogP contribution is -2.32. The summed E-state index contributed by atoms with van der Waals surface area (Å²) in [6.45, 7) is 0.350. The molecule has 10 heavy (non-hydrogen) atoms. The summed E-state index contributed by atoms with van der Waals surface area (Å²) in [7, 11) is 0. The lowest BCUT2D eigenvalue weighted by molar-refractivity contribution is -0.117. The molecule has 2 heterocycles. The summed E-state index contributed by atoms with van der Waals surface area (Å²) in [4.78, 5) is 18.8. The Kier molecular flexibility index (Phi) is 0.943. The Hall–Kier alpha value is -1.45. The average Bonchev–Trinajstić information content (AvgIpc) is 2.36. The highest BCUT2D eigenvalue weighted by Crippen LogP contribution is 2.08. The minimum absolute atomic E-state index is 0.0810. The van der Waals surface area contributed by atoms with E-state index in [1.54, 1.807) is 12.3 Å². The molecule has 0 fully saturated rings. The number of allylic oxidation sites excluding steroid dienone is 1. The maximum atomic E-state index is 10.9. The van der Waals surface area contributed by atoms with Crippen molar-refractivity contribution in [1.82, 2.24) is 5.32 Å². The Balaban J connectivity index is 2.46. The van der Waals surface area contributed by atoms with Crippen LogP contribution in [0, 0.1) is 0 Å². The van der Waals surface area contributed by atoms with Gasteiger partial charge in [0.15, 0.2) is 5.84 Å². The molecule has 0 radical (unpaired) electrons. The Morgan fingerprint density at radius 3 is 3.30 bits per heavy atom. The molecular weight excluding hydrogens is 130 g/mol. The van der Waals surface area contributed by atoms with E-state index in [1.165, 1.54) is 0 Å². The van der Waals surface area contributed by atoms with E-state index in [0.29, 0.717) is 18.1 Å². The number of nitrogens with zero attached hydrogens (tertiary/aromatic N) is 2. The number of aliphatic imine (C=N–C) groups is 2. The fourth-order valence-electron chi connectivity index (χ4n) is 0.911.